The van der Waals surface area contributed by atoms with Gasteiger partial charge in [-0.1, -0.05) is 17.2 Å². The minimum atomic E-state index is -0.899. The van der Waals surface area contributed by atoms with Gasteiger partial charge in [-0.05, 0) is 112 Å². The Balaban J connectivity index is 1.47. The van der Waals surface area contributed by atoms with Gasteiger partial charge in [-0.2, -0.15) is 0 Å². The Morgan fingerprint density at radius 2 is 1.70 bits per heavy atom. The van der Waals surface area contributed by atoms with Gasteiger partial charge in [0.15, 0.2) is 0 Å². The fraction of sp³-hybridized carbons (Fsp3) is 0.286. The summed E-state index contributed by atoms with van der Waals surface area (Å²) < 4.78 is 0. The number of nitrogens with zero attached hydrogens (tertiary/aromatic N) is 1. The monoisotopic (exact) mass is 441 g/mol. The van der Waals surface area contributed by atoms with Crippen molar-refractivity contribution in [2.45, 2.75) is 39.5 Å². The average molecular weight is 442 g/mol. The fourth-order valence-electron chi connectivity index (χ4n) is 4.47. The van der Waals surface area contributed by atoms with E-state index >= 15 is 0 Å². The van der Waals surface area contributed by atoms with E-state index in [2.05, 4.69) is 59.5 Å². The number of hydrogen-bond donors (Lipinski definition) is 3. The molecule has 0 unspecified atom stereocenters. The van der Waals surface area contributed by atoms with Crippen molar-refractivity contribution in [2.24, 2.45) is 0 Å². The third-order valence-electron chi connectivity index (χ3n) is 6.03. The molecule has 0 atom stereocenters. The number of aromatic nitrogens is 2. The highest BCUT2D eigenvalue weighted by Gasteiger charge is 2.15. The third kappa shape index (κ3) is 5.68. The number of carbonyl (C=O) groups is 1. The van der Waals surface area contributed by atoms with Crippen LogP contribution in [-0.4, -0.2) is 34.1 Å². The number of hydrogen-bond acceptors (Lipinski definition) is 3. The quantitative estimate of drug-likeness (QED) is 0.276. The van der Waals surface area contributed by atoms with E-state index in [1.165, 1.54) is 22.3 Å². The number of carboxylic acid groups (broad SMARTS) is 1. The second-order valence-corrected chi connectivity index (χ2v) is 8.73. The van der Waals surface area contributed by atoms with Gasteiger partial charge in [0.2, 0.25) is 0 Å². The van der Waals surface area contributed by atoms with E-state index in [0.717, 1.165) is 60.9 Å². The molecule has 0 radical (unpaired) electrons. The molecule has 170 valence electrons. The normalized spacial score (nSPS) is 11.2. The number of fused-ring (bicyclic) bond motifs is 1. The predicted molar refractivity (Wildman–Crippen MR) is 134 cm³/mol. The van der Waals surface area contributed by atoms with Crippen molar-refractivity contribution in [3.05, 3.63) is 88.7 Å². The first-order chi connectivity index (χ1) is 16.0. The lowest BCUT2D eigenvalue weighted by molar-refractivity contribution is 0.0697. The van der Waals surface area contributed by atoms with Crippen molar-refractivity contribution < 1.29 is 9.90 Å². The molecule has 4 rings (SSSR count). The van der Waals surface area contributed by atoms with Crippen molar-refractivity contribution in [2.75, 3.05) is 13.1 Å². The predicted octanol–water partition coefficient (Wildman–Crippen LogP) is 5.70. The van der Waals surface area contributed by atoms with Crippen molar-refractivity contribution in [3.63, 3.8) is 0 Å². The van der Waals surface area contributed by atoms with Gasteiger partial charge in [0, 0.05) is 29.0 Å². The van der Waals surface area contributed by atoms with Crippen LogP contribution in [0.25, 0.3) is 22.2 Å². The maximum atomic E-state index is 11.6. The summed E-state index contributed by atoms with van der Waals surface area (Å²) in [6.07, 6.45) is 7.84. The molecule has 0 saturated heterocycles. The minimum Gasteiger partial charge on any atom is -0.478 e. The Morgan fingerprint density at radius 1 is 0.939 bits per heavy atom. The standard InChI is InChI=1S/C28H31N3O2/c1-19-15-20(2)17-23(16-19)27-24(25-18-22(28(32)33)6-7-26(25)31-27)10-14-29-11-4-3-5-21-8-12-30-13-9-21/h6-9,12-13,15-18,29,31H,3-5,10-11,14H2,1-2H3,(H,32,33). The third-order valence-corrected chi connectivity index (χ3v) is 6.03. The Bertz CT molecular complexity index is 1220. The SMILES string of the molecule is Cc1cc(C)cc(-c2[nH]c3ccc(C(=O)O)cc3c2CCNCCCCc2ccncc2)c1. The number of pyridine rings is 1. The Labute approximate surface area is 194 Å². The van der Waals surface area contributed by atoms with Crippen LogP contribution in [0.1, 0.15) is 45.5 Å². The summed E-state index contributed by atoms with van der Waals surface area (Å²) in [5, 5.41) is 14.0. The molecule has 2 heterocycles. The molecule has 0 spiro atoms. The van der Waals surface area contributed by atoms with Gasteiger partial charge < -0.3 is 15.4 Å². The minimum absolute atomic E-state index is 0.318. The van der Waals surface area contributed by atoms with Crippen LogP contribution in [0.3, 0.4) is 0 Å². The highest BCUT2D eigenvalue weighted by molar-refractivity contribution is 5.97. The first-order valence-electron chi connectivity index (χ1n) is 11.6. The second-order valence-electron chi connectivity index (χ2n) is 8.73. The molecule has 0 aliphatic rings. The zero-order valence-corrected chi connectivity index (χ0v) is 19.3. The summed E-state index contributed by atoms with van der Waals surface area (Å²) in [5.41, 5.74) is 8.45. The number of aryl methyl sites for hydroxylation is 3. The van der Waals surface area contributed by atoms with Gasteiger partial charge in [-0.25, -0.2) is 4.79 Å². The van der Waals surface area contributed by atoms with E-state index in [1.54, 1.807) is 12.1 Å². The number of carboxylic acids is 1. The van der Waals surface area contributed by atoms with Crippen LogP contribution in [0.15, 0.2) is 60.9 Å². The molecular formula is C28H31N3O2. The summed E-state index contributed by atoms with van der Waals surface area (Å²) in [4.78, 5) is 19.2. The number of rotatable bonds is 10. The highest BCUT2D eigenvalue weighted by atomic mass is 16.4. The highest BCUT2D eigenvalue weighted by Crippen LogP contribution is 2.32. The van der Waals surface area contributed by atoms with Gasteiger partial charge in [0.25, 0.3) is 0 Å². The van der Waals surface area contributed by atoms with Gasteiger partial charge in [0.1, 0.15) is 0 Å². The maximum absolute atomic E-state index is 11.6. The van der Waals surface area contributed by atoms with E-state index in [-0.39, 0.29) is 0 Å². The molecule has 33 heavy (non-hydrogen) atoms. The molecule has 0 saturated carbocycles. The summed E-state index contributed by atoms with van der Waals surface area (Å²) >= 11 is 0. The molecule has 5 nitrogen and oxygen atoms in total. The molecule has 2 aromatic heterocycles. The number of nitrogens with one attached hydrogen (secondary N) is 2. The zero-order valence-electron chi connectivity index (χ0n) is 19.3. The first-order valence-corrected chi connectivity index (χ1v) is 11.6. The smallest absolute Gasteiger partial charge is 0.335 e. The molecule has 0 fully saturated rings. The number of aromatic carboxylic acids is 1. The molecule has 0 aliphatic heterocycles. The van der Waals surface area contributed by atoms with Gasteiger partial charge in [0.05, 0.1) is 5.56 Å². The van der Waals surface area contributed by atoms with E-state index in [9.17, 15) is 9.90 Å². The molecule has 4 aromatic rings. The number of H-pyrrole nitrogens is 1. The summed E-state index contributed by atoms with van der Waals surface area (Å²) in [6.45, 7) is 6.02. The number of unbranched alkanes of at least 4 members (excludes halogenated alkanes) is 1. The average Bonchev–Trinajstić information content (AvgIpc) is 3.16. The lowest BCUT2D eigenvalue weighted by Gasteiger charge is -2.09. The van der Waals surface area contributed by atoms with Crippen LogP contribution in [-0.2, 0) is 12.8 Å². The summed E-state index contributed by atoms with van der Waals surface area (Å²) in [6, 6.07) is 16.0. The lowest BCUT2D eigenvalue weighted by atomic mass is 9.99. The van der Waals surface area contributed by atoms with E-state index in [1.807, 2.05) is 18.5 Å². The van der Waals surface area contributed by atoms with E-state index < -0.39 is 5.97 Å². The molecule has 2 aromatic carbocycles. The van der Waals surface area contributed by atoms with Crippen molar-refractivity contribution in [1.82, 2.24) is 15.3 Å². The fourth-order valence-corrected chi connectivity index (χ4v) is 4.47. The van der Waals surface area contributed by atoms with Crippen LogP contribution < -0.4 is 5.32 Å². The van der Waals surface area contributed by atoms with Crippen molar-refractivity contribution in [1.29, 1.82) is 0 Å². The Hall–Kier alpha value is -3.44. The van der Waals surface area contributed by atoms with Gasteiger partial charge in [-0.15, -0.1) is 0 Å². The van der Waals surface area contributed by atoms with E-state index in [0.29, 0.717) is 5.56 Å². The topological polar surface area (TPSA) is 78.0 Å². The van der Waals surface area contributed by atoms with Gasteiger partial charge in [-0.3, -0.25) is 4.98 Å². The molecular weight excluding hydrogens is 410 g/mol. The molecule has 0 aliphatic carbocycles. The van der Waals surface area contributed by atoms with Crippen LogP contribution >= 0.6 is 0 Å². The van der Waals surface area contributed by atoms with Crippen molar-refractivity contribution in [3.8, 4) is 11.3 Å². The summed E-state index contributed by atoms with van der Waals surface area (Å²) in [5.74, 6) is -0.899. The zero-order chi connectivity index (χ0) is 23.2. The molecule has 5 heteroatoms. The second kappa shape index (κ2) is 10.5. The van der Waals surface area contributed by atoms with Gasteiger partial charge >= 0.3 is 5.97 Å². The molecule has 0 amide bonds. The largest absolute Gasteiger partial charge is 0.478 e. The first kappa shape index (κ1) is 22.7. The number of benzene rings is 2. The van der Waals surface area contributed by atoms with Crippen LogP contribution in [0.5, 0.6) is 0 Å². The lowest BCUT2D eigenvalue weighted by Crippen LogP contribution is -2.18. The van der Waals surface area contributed by atoms with Crippen LogP contribution in [0, 0.1) is 13.8 Å². The van der Waals surface area contributed by atoms with Crippen LogP contribution in [0.2, 0.25) is 0 Å². The van der Waals surface area contributed by atoms with E-state index in [4.69, 9.17) is 0 Å². The number of aromatic amines is 1. The van der Waals surface area contributed by atoms with Crippen LogP contribution in [0.4, 0.5) is 0 Å². The maximum Gasteiger partial charge on any atom is 0.335 e. The van der Waals surface area contributed by atoms with Crippen molar-refractivity contribution >= 4 is 16.9 Å². The summed E-state index contributed by atoms with van der Waals surface area (Å²) in [7, 11) is 0. The molecule has 3 N–H and O–H groups in total. The Kier molecular flexibility index (Phi) is 7.20. The molecule has 0 bridgehead atoms. The Morgan fingerprint density at radius 3 is 2.42 bits per heavy atom.